The Balaban J connectivity index is 1.86. The van der Waals surface area contributed by atoms with E-state index >= 15 is 0 Å². The molecule has 2 amide bonds. The molecule has 0 saturated carbocycles. The van der Waals surface area contributed by atoms with Gasteiger partial charge in [0.1, 0.15) is 0 Å². The highest BCUT2D eigenvalue weighted by atomic mass is 35.5. The average molecular weight is 382 g/mol. The van der Waals surface area contributed by atoms with Crippen molar-refractivity contribution in [3.8, 4) is 0 Å². The van der Waals surface area contributed by atoms with E-state index in [-0.39, 0.29) is 18.4 Å². The van der Waals surface area contributed by atoms with Crippen LogP contribution in [0.3, 0.4) is 0 Å². The quantitative estimate of drug-likeness (QED) is 0.712. The van der Waals surface area contributed by atoms with Gasteiger partial charge in [-0.3, -0.25) is 9.59 Å². The predicted octanol–water partition coefficient (Wildman–Crippen LogP) is 2.92. The molecule has 0 aliphatic carbocycles. The molecule has 1 aliphatic heterocycles. The number of nitrogens with one attached hydrogen (secondary N) is 2. The minimum Gasteiger partial charge on any atom is -0.383 e. The van der Waals surface area contributed by atoms with Gasteiger partial charge in [0.2, 0.25) is 5.91 Å². The molecule has 2 N–H and O–H groups in total. The lowest BCUT2D eigenvalue weighted by Crippen LogP contribution is -2.37. The molecule has 0 aromatic heterocycles. The zero-order chi connectivity index (χ0) is 18.8. The summed E-state index contributed by atoms with van der Waals surface area (Å²) in [4.78, 5) is 26.4. The maximum atomic E-state index is 12.4. The summed E-state index contributed by atoms with van der Waals surface area (Å²) in [7, 11) is 1.58. The molecule has 0 spiro atoms. The molecule has 2 rings (SSSR count). The van der Waals surface area contributed by atoms with Crippen molar-refractivity contribution in [2.75, 3.05) is 45.2 Å². The van der Waals surface area contributed by atoms with Crippen LogP contribution in [0.25, 0.3) is 0 Å². The number of ether oxygens (including phenoxy) is 1. The zero-order valence-electron chi connectivity index (χ0n) is 15.4. The van der Waals surface area contributed by atoms with Crippen LogP contribution >= 0.6 is 11.6 Å². The molecule has 144 valence electrons. The topological polar surface area (TPSA) is 70.7 Å². The van der Waals surface area contributed by atoms with Crippen molar-refractivity contribution >= 4 is 29.1 Å². The van der Waals surface area contributed by atoms with E-state index in [1.165, 1.54) is 19.3 Å². The molecular weight excluding hydrogens is 354 g/mol. The van der Waals surface area contributed by atoms with Gasteiger partial charge < -0.3 is 20.3 Å². The van der Waals surface area contributed by atoms with Gasteiger partial charge in [-0.25, -0.2) is 0 Å². The SMILES string of the molecule is COCCNC(=O)c1ccc(NCC(=O)N2CCCCCCC2)cc1Cl. The summed E-state index contributed by atoms with van der Waals surface area (Å²) in [5.74, 6) is -0.139. The first-order valence-electron chi connectivity index (χ1n) is 9.20. The van der Waals surface area contributed by atoms with Crippen LogP contribution in [-0.4, -0.2) is 56.6 Å². The molecule has 7 heteroatoms. The second kappa shape index (κ2) is 11.0. The summed E-state index contributed by atoms with van der Waals surface area (Å²) in [6.45, 7) is 2.77. The number of amides is 2. The number of carbonyl (C=O) groups is 2. The van der Waals surface area contributed by atoms with E-state index in [1.807, 2.05) is 4.90 Å². The van der Waals surface area contributed by atoms with E-state index in [2.05, 4.69) is 10.6 Å². The van der Waals surface area contributed by atoms with Gasteiger partial charge in [0, 0.05) is 32.4 Å². The summed E-state index contributed by atoms with van der Waals surface area (Å²) in [6, 6.07) is 5.10. The van der Waals surface area contributed by atoms with Crippen molar-refractivity contribution in [3.63, 3.8) is 0 Å². The Bertz CT molecular complexity index is 602. The van der Waals surface area contributed by atoms with Crippen molar-refractivity contribution in [1.29, 1.82) is 0 Å². The second-order valence-corrected chi connectivity index (χ2v) is 6.85. The first kappa shape index (κ1) is 20.5. The van der Waals surface area contributed by atoms with E-state index in [0.29, 0.717) is 23.7 Å². The van der Waals surface area contributed by atoms with Crippen molar-refractivity contribution in [1.82, 2.24) is 10.2 Å². The normalized spacial score (nSPS) is 15.1. The van der Waals surface area contributed by atoms with Crippen LogP contribution in [0.2, 0.25) is 5.02 Å². The number of hydrogen-bond donors (Lipinski definition) is 2. The largest absolute Gasteiger partial charge is 0.383 e. The highest BCUT2D eigenvalue weighted by Crippen LogP contribution is 2.21. The summed E-state index contributed by atoms with van der Waals surface area (Å²) < 4.78 is 4.90. The number of nitrogens with zero attached hydrogens (tertiary/aromatic N) is 1. The molecule has 1 aromatic carbocycles. The number of carbonyl (C=O) groups excluding carboxylic acids is 2. The predicted molar refractivity (Wildman–Crippen MR) is 104 cm³/mol. The van der Waals surface area contributed by atoms with Crippen molar-refractivity contribution < 1.29 is 14.3 Å². The molecular formula is C19H28ClN3O3. The first-order chi connectivity index (χ1) is 12.6. The molecule has 0 unspecified atom stereocenters. The lowest BCUT2D eigenvalue weighted by atomic mass is 10.1. The van der Waals surface area contributed by atoms with E-state index < -0.39 is 0 Å². The fourth-order valence-electron chi connectivity index (χ4n) is 2.96. The number of likely N-dealkylation sites (tertiary alicyclic amines) is 1. The van der Waals surface area contributed by atoms with E-state index in [9.17, 15) is 9.59 Å². The number of halogens is 1. The number of rotatable bonds is 7. The number of benzene rings is 1. The molecule has 1 fully saturated rings. The van der Waals surface area contributed by atoms with Crippen LogP contribution in [0.15, 0.2) is 18.2 Å². The highest BCUT2D eigenvalue weighted by molar-refractivity contribution is 6.34. The van der Waals surface area contributed by atoms with Crippen LogP contribution in [0, 0.1) is 0 Å². The number of hydrogen-bond acceptors (Lipinski definition) is 4. The van der Waals surface area contributed by atoms with E-state index in [4.69, 9.17) is 16.3 Å². The zero-order valence-corrected chi connectivity index (χ0v) is 16.1. The molecule has 1 aromatic rings. The minimum atomic E-state index is -0.240. The molecule has 1 heterocycles. The second-order valence-electron chi connectivity index (χ2n) is 6.45. The third-order valence-electron chi connectivity index (χ3n) is 4.46. The van der Waals surface area contributed by atoms with Crippen LogP contribution in [0.1, 0.15) is 42.5 Å². The van der Waals surface area contributed by atoms with Gasteiger partial charge in [-0.15, -0.1) is 0 Å². The van der Waals surface area contributed by atoms with Crippen molar-refractivity contribution in [2.45, 2.75) is 32.1 Å². The fourth-order valence-corrected chi connectivity index (χ4v) is 3.22. The summed E-state index contributed by atoms with van der Waals surface area (Å²) in [5, 5.41) is 6.20. The molecule has 0 atom stereocenters. The highest BCUT2D eigenvalue weighted by Gasteiger charge is 2.15. The van der Waals surface area contributed by atoms with Gasteiger partial charge in [0.05, 0.1) is 23.7 Å². The third-order valence-corrected chi connectivity index (χ3v) is 4.77. The molecule has 1 aliphatic rings. The number of methoxy groups -OCH3 is 1. The Labute approximate surface area is 160 Å². The van der Waals surface area contributed by atoms with Crippen molar-refractivity contribution in [3.05, 3.63) is 28.8 Å². The monoisotopic (exact) mass is 381 g/mol. The summed E-state index contributed by atoms with van der Waals surface area (Å²) >= 11 is 6.21. The van der Waals surface area contributed by atoms with Crippen LogP contribution in [0.4, 0.5) is 5.69 Å². The minimum absolute atomic E-state index is 0.101. The molecule has 0 bridgehead atoms. The molecule has 1 saturated heterocycles. The van der Waals surface area contributed by atoms with Crippen LogP contribution in [-0.2, 0) is 9.53 Å². The lowest BCUT2D eigenvalue weighted by Gasteiger charge is -2.25. The standard InChI is InChI=1S/C19H28ClN3O3/c1-26-12-9-21-19(25)16-8-7-15(13-17(16)20)22-14-18(24)23-10-5-3-2-4-6-11-23/h7-8,13,22H,2-6,9-12,14H2,1H3,(H,21,25). The maximum absolute atomic E-state index is 12.4. The Kier molecular flexibility index (Phi) is 8.71. The lowest BCUT2D eigenvalue weighted by molar-refractivity contribution is -0.129. The summed E-state index contributed by atoms with van der Waals surface area (Å²) in [6.07, 6.45) is 5.81. The van der Waals surface area contributed by atoms with Crippen LogP contribution in [0.5, 0.6) is 0 Å². The number of anilines is 1. The van der Waals surface area contributed by atoms with Crippen molar-refractivity contribution in [2.24, 2.45) is 0 Å². The van der Waals surface area contributed by atoms with Gasteiger partial charge in [0.15, 0.2) is 0 Å². The van der Waals surface area contributed by atoms with Gasteiger partial charge in [0.25, 0.3) is 5.91 Å². The van der Waals surface area contributed by atoms with Gasteiger partial charge in [-0.05, 0) is 31.0 Å². The van der Waals surface area contributed by atoms with Gasteiger partial charge >= 0.3 is 0 Å². The maximum Gasteiger partial charge on any atom is 0.252 e. The van der Waals surface area contributed by atoms with E-state index in [1.54, 1.807) is 25.3 Å². The average Bonchev–Trinajstić information content (AvgIpc) is 2.59. The third kappa shape index (κ3) is 6.50. The van der Waals surface area contributed by atoms with Crippen LogP contribution < -0.4 is 10.6 Å². The Hall–Kier alpha value is -1.79. The molecule has 0 radical (unpaired) electrons. The van der Waals surface area contributed by atoms with Gasteiger partial charge in [-0.1, -0.05) is 30.9 Å². The molecule has 26 heavy (non-hydrogen) atoms. The first-order valence-corrected chi connectivity index (χ1v) is 9.58. The van der Waals surface area contributed by atoms with Gasteiger partial charge in [-0.2, -0.15) is 0 Å². The summed E-state index contributed by atoms with van der Waals surface area (Å²) in [5.41, 5.74) is 1.13. The van der Waals surface area contributed by atoms with E-state index in [0.717, 1.165) is 31.6 Å². The Morgan fingerprint density at radius 3 is 2.50 bits per heavy atom. The smallest absolute Gasteiger partial charge is 0.252 e. The Morgan fingerprint density at radius 1 is 1.15 bits per heavy atom. The fraction of sp³-hybridized carbons (Fsp3) is 0.579. The Morgan fingerprint density at radius 2 is 1.85 bits per heavy atom. The molecule has 6 nitrogen and oxygen atoms in total.